The summed E-state index contributed by atoms with van der Waals surface area (Å²) in [6.07, 6.45) is 3.09. The van der Waals surface area contributed by atoms with Gasteiger partial charge in [0.15, 0.2) is 0 Å². The van der Waals surface area contributed by atoms with Crippen LogP contribution in [0.3, 0.4) is 0 Å². The fourth-order valence-corrected chi connectivity index (χ4v) is 2.88. The average molecular weight is 322 g/mol. The van der Waals surface area contributed by atoms with E-state index in [0.29, 0.717) is 22.5 Å². The molecule has 2 N–H and O–H groups in total. The van der Waals surface area contributed by atoms with E-state index < -0.39 is 11.9 Å². The molecule has 0 unspecified atom stereocenters. The van der Waals surface area contributed by atoms with Crippen molar-refractivity contribution in [3.8, 4) is 22.5 Å². The molecule has 0 spiro atoms. The molecule has 0 aliphatic carbocycles. The van der Waals surface area contributed by atoms with Gasteiger partial charge in [-0.2, -0.15) is 0 Å². The normalized spacial score (nSPS) is 10.5. The lowest BCUT2D eigenvalue weighted by molar-refractivity contribution is 0.0654. The minimum atomic E-state index is -1.29. The molecule has 0 amide bonds. The second-order valence-corrected chi connectivity index (χ2v) is 5.22. The molecule has 0 aliphatic heterocycles. The number of carboxylic acid groups (broad SMARTS) is 2. The standard InChI is InChI=1S/C18H14N2O4/c1-20-15(11-6-3-2-4-7-11)13(17(21)22)14(18(23)24)16(20)12-8-5-9-19-10-12/h2-10H,1H3,(H,21,22)(H,23,24). The Morgan fingerprint density at radius 2 is 1.42 bits per heavy atom. The number of pyridine rings is 1. The number of carbonyl (C=O) groups is 2. The second kappa shape index (κ2) is 6.00. The van der Waals surface area contributed by atoms with Gasteiger partial charge in [0.2, 0.25) is 0 Å². The van der Waals surface area contributed by atoms with E-state index in [9.17, 15) is 19.8 Å². The highest BCUT2D eigenvalue weighted by molar-refractivity contribution is 6.11. The summed E-state index contributed by atoms with van der Waals surface area (Å²) in [4.78, 5) is 27.7. The van der Waals surface area contributed by atoms with Gasteiger partial charge in [-0.3, -0.25) is 4.98 Å². The number of nitrogens with zero attached hydrogens (tertiary/aromatic N) is 2. The highest BCUT2D eigenvalue weighted by Crippen LogP contribution is 2.36. The fraction of sp³-hybridized carbons (Fsp3) is 0.0556. The minimum absolute atomic E-state index is 0.227. The SMILES string of the molecule is Cn1c(-c2ccccc2)c(C(=O)O)c(C(=O)O)c1-c1cccnc1. The molecular weight excluding hydrogens is 308 g/mol. The number of benzene rings is 1. The molecule has 120 valence electrons. The molecule has 2 aromatic heterocycles. The first-order valence-corrected chi connectivity index (χ1v) is 7.17. The summed E-state index contributed by atoms with van der Waals surface area (Å²) in [7, 11) is 1.66. The Morgan fingerprint density at radius 1 is 0.875 bits per heavy atom. The zero-order valence-electron chi connectivity index (χ0n) is 12.8. The van der Waals surface area contributed by atoms with Crippen molar-refractivity contribution in [2.24, 2.45) is 7.05 Å². The van der Waals surface area contributed by atoms with E-state index in [4.69, 9.17) is 0 Å². The molecule has 0 aliphatic rings. The van der Waals surface area contributed by atoms with Crippen molar-refractivity contribution in [1.82, 2.24) is 9.55 Å². The van der Waals surface area contributed by atoms with E-state index in [1.54, 1.807) is 54.2 Å². The zero-order valence-corrected chi connectivity index (χ0v) is 12.8. The van der Waals surface area contributed by atoms with Crippen molar-refractivity contribution in [2.75, 3.05) is 0 Å². The topological polar surface area (TPSA) is 92.4 Å². The van der Waals surface area contributed by atoms with E-state index >= 15 is 0 Å². The van der Waals surface area contributed by atoms with Gasteiger partial charge >= 0.3 is 11.9 Å². The lowest BCUT2D eigenvalue weighted by atomic mass is 10.0. The summed E-state index contributed by atoms with van der Waals surface area (Å²) < 4.78 is 1.60. The van der Waals surface area contributed by atoms with Crippen LogP contribution < -0.4 is 0 Å². The molecule has 0 radical (unpaired) electrons. The maximum atomic E-state index is 11.8. The third-order valence-corrected chi connectivity index (χ3v) is 3.80. The molecule has 0 atom stereocenters. The Morgan fingerprint density at radius 3 is 1.92 bits per heavy atom. The number of hydrogen-bond acceptors (Lipinski definition) is 3. The molecular formula is C18H14N2O4. The largest absolute Gasteiger partial charge is 0.478 e. The number of aromatic nitrogens is 2. The first-order valence-electron chi connectivity index (χ1n) is 7.17. The molecule has 6 heteroatoms. The summed E-state index contributed by atoms with van der Waals surface area (Å²) in [5.41, 5.74) is 1.37. The lowest BCUT2D eigenvalue weighted by Crippen LogP contribution is -2.07. The van der Waals surface area contributed by atoms with Crippen LogP contribution in [0.25, 0.3) is 22.5 Å². The van der Waals surface area contributed by atoms with Gasteiger partial charge < -0.3 is 14.8 Å². The predicted octanol–water partition coefficient (Wildman–Crippen LogP) is 3.15. The molecule has 0 fully saturated rings. The summed E-state index contributed by atoms with van der Waals surface area (Å²) in [5.74, 6) is -2.57. The third kappa shape index (κ3) is 2.44. The number of carboxylic acids is 2. The van der Waals surface area contributed by atoms with Crippen LogP contribution in [-0.2, 0) is 7.05 Å². The molecule has 1 aromatic carbocycles. The predicted molar refractivity (Wildman–Crippen MR) is 88.0 cm³/mol. The summed E-state index contributed by atoms with van der Waals surface area (Å²) in [5, 5.41) is 19.3. The second-order valence-electron chi connectivity index (χ2n) is 5.22. The maximum absolute atomic E-state index is 11.8. The molecule has 0 saturated heterocycles. The van der Waals surface area contributed by atoms with Crippen molar-refractivity contribution in [3.05, 3.63) is 66.0 Å². The Balaban J connectivity index is 2.43. The zero-order chi connectivity index (χ0) is 17.3. The maximum Gasteiger partial charge on any atom is 0.338 e. The molecule has 6 nitrogen and oxygen atoms in total. The van der Waals surface area contributed by atoms with Crippen LogP contribution >= 0.6 is 0 Å². The molecule has 24 heavy (non-hydrogen) atoms. The van der Waals surface area contributed by atoms with Crippen LogP contribution in [0.4, 0.5) is 0 Å². The first kappa shape index (κ1) is 15.5. The van der Waals surface area contributed by atoms with Gasteiger partial charge in [0.05, 0.1) is 11.4 Å². The van der Waals surface area contributed by atoms with Crippen LogP contribution in [0.1, 0.15) is 20.7 Å². The monoisotopic (exact) mass is 322 g/mol. The highest BCUT2D eigenvalue weighted by atomic mass is 16.4. The Bertz CT molecular complexity index is 840. The van der Waals surface area contributed by atoms with Gasteiger partial charge in [-0.15, -0.1) is 0 Å². The smallest absolute Gasteiger partial charge is 0.338 e. The van der Waals surface area contributed by atoms with E-state index in [-0.39, 0.29) is 11.1 Å². The summed E-state index contributed by atoms with van der Waals surface area (Å²) >= 11 is 0. The molecule has 0 saturated carbocycles. The molecule has 3 rings (SSSR count). The van der Waals surface area contributed by atoms with Gasteiger partial charge in [0, 0.05) is 25.0 Å². The summed E-state index contributed by atoms with van der Waals surface area (Å²) in [6.45, 7) is 0. The van der Waals surface area contributed by atoms with E-state index in [1.165, 1.54) is 6.20 Å². The number of hydrogen-bond donors (Lipinski definition) is 2. The van der Waals surface area contributed by atoms with Crippen molar-refractivity contribution < 1.29 is 19.8 Å². The van der Waals surface area contributed by atoms with Gasteiger partial charge in [-0.05, 0) is 17.7 Å². The third-order valence-electron chi connectivity index (χ3n) is 3.80. The van der Waals surface area contributed by atoms with Crippen molar-refractivity contribution in [3.63, 3.8) is 0 Å². The van der Waals surface area contributed by atoms with Gasteiger partial charge in [0.1, 0.15) is 11.1 Å². The van der Waals surface area contributed by atoms with Gasteiger partial charge in [0.25, 0.3) is 0 Å². The highest BCUT2D eigenvalue weighted by Gasteiger charge is 2.31. The van der Waals surface area contributed by atoms with E-state index in [1.807, 2.05) is 6.07 Å². The van der Waals surface area contributed by atoms with Crippen molar-refractivity contribution in [2.45, 2.75) is 0 Å². The Kier molecular flexibility index (Phi) is 3.87. The van der Waals surface area contributed by atoms with Crippen LogP contribution in [0.2, 0.25) is 0 Å². The van der Waals surface area contributed by atoms with E-state index in [0.717, 1.165) is 0 Å². The Labute approximate surface area is 137 Å². The van der Waals surface area contributed by atoms with E-state index in [2.05, 4.69) is 4.98 Å². The molecule has 0 bridgehead atoms. The average Bonchev–Trinajstić information content (AvgIpc) is 2.90. The van der Waals surface area contributed by atoms with Gasteiger partial charge in [-0.1, -0.05) is 30.3 Å². The van der Waals surface area contributed by atoms with Gasteiger partial charge in [-0.25, -0.2) is 9.59 Å². The lowest BCUT2D eigenvalue weighted by Gasteiger charge is -2.08. The number of aromatic carboxylic acids is 2. The quantitative estimate of drug-likeness (QED) is 0.770. The number of rotatable bonds is 4. The van der Waals surface area contributed by atoms with Crippen molar-refractivity contribution in [1.29, 1.82) is 0 Å². The first-order chi connectivity index (χ1) is 11.5. The van der Waals surface area contributed by atoms with Crippen LogP contribution in [0.5, 0.6) is 0 Å². The molecule has 3 aromatic rings. The minimum Gasteiger partial charge on any atom is -0.478 e. The van der Waals surface area contributed by atoms with Crippen LogP contribution in [0.15, 0.2) is 54.9 Å². The van der Waals surface area contributed by atoms with Crippen LogP contribution in [-0.4, -0.2) is 31.7 Å². The Hall–Kier alpha value is -3.41. The van der Waals surface area contributed by atoms with Crippen LogP contribution in [0, 0.1) is 0 Å². The summed E-state index contributed by atoms with van der Waals surface area (Å²) in [6, 6.07) is 12.2. The fourth-order valence-electron chi connectivity index (χ4n) is 2.88. The van der Waals surface area contributed by atoms with Crippen molar-refractivity contribution >= 4 is 11.9 Å². The molecule has 2 heterocycles.